The lowest BCUT2D eigenvalue weighted by atomic mass is 10.0. The highest BCUT2D eigenvalue weighted by Gasteiger charge is 2.16. The number of fused-ring (bicyclic) bond motifs is 1. The van der Waals surface area contributed by atoms with Gasteiger partial charge in [0.2, 0.25) is 0 Å². The first kappa shape index (κ1) is 20.3. The van der Waals surface area contributed by atoms with Gasteiger partial charge in [0, 0.05) is 17.3 Å². The van der Waals surface area contributed by atoms with Crippen molar-refractivity contribution in [2.45, 2.75) is 6.92 Å². The van der Waals surface area contributed by atoms with Crippen LogP contribution in [0.2, 0.25) is 0 Å². The fourth-order valence-corrected chi connectivity index (χ4v) is 3.83. The van der Waals surface area contributed by atoms with Crippen LogP contribution >= 0.6 is 0 Å². The molecule has 1 N–H and O–H groups in total. The van der Waals surface area contributed by atoms with Crippen LogP contribution in [0.5, 0.6) is 5.75 Å². The van der Waals surface area contributed by atoms with Gasteiger partial charge in [-0.3, -0.25) is 0 Å². The minimum atomic E-state index is 0.436. The number of allylic oxidation sites excluding steroid dienone is 1. The molecule has 6 heteroatoms. The summed E-state index contributed by atoms with van der Waals surface area (Å²) >= 11 is 0. The summed E-state index contributed by atoms with van der Waals surface area (Å²) in [6.07, 6.45) is 3.78. The second kappa shape index (κ2) is 8.48. The summed E-state index contributed by atoms with van der Waals surface area (Å²) in [6.45, 7) is 2.03. The molecule has 5 aromatic rings. The average molecular weight is 431 g/mol. The number of benzene rings is 3. The predicted octanol–water partition coefficient (Wildman–Crippen LogP) is 5.80. The summed E-state index contributed by atoms with van der Waals surface area (Å²) in [7, 11) is 1.65. The van der Waals surface area contributed by atoms with Crippen molar-refractivity contribution in [1.82, 2.24) is 19.7 Å². The number of H-pyrrole nitrogens is 1. The first-order valence-electron chi connectivity index (χ1n) is 10.5. The van der Waals surface area contributed by atoms with Crippen LogP contribution in [0.4, 0.5) is 0 Å². The Bertz CT molecular complexity index is 1490. The van der Waals surface area contributed by atoms with E-state index in [0.29, 0.717) is 11.4 Å². The number of rotatable bonds is 5. The number of hydrogen-bond acceptors (Lipinski definition) is 4. The van der Waals surface area contributed by atoms with Gasteiger partial charge in [0.15, 0.2) is 0 Å². The largest absolute Gasteiger partial charge is 0.497 e. The van der Waals surface area contributed by atoms with Crippen molar-refractivity contribution >= 4 is 22.7 Å². The van der Waals surface area contributed by atoms with Crippen molar-refractivity contribution in [2.75, 3.05) is 7.11 Å². The van der Waals surface area contributed by atoms with Gasteiger partial charge in [0.1, 0.15) is 23.3 Å². The number of ether oxygens (including phenoxy) is 1. The first-order valence-corrected chi connectivity index (χ1v) is 10.5. The van der Waals surface area contributed by atoms with Gasteiger partial charge in [-0.1, -0.05) is 30.3 Å². The quantitative estimate of drug-likeness (QED) is 0.357. The molecule has 0 radical (unpaired) electrons. The Morgan fingerprint density at radius 3 is 2.58 bits per heavy atom. The summed E-state index contributed by atoms with van der Waals surface area (Å²) in [5, 5.41) is 14.8. The summed E-state index contributed by atoms with van der Waals surface area (Å²) in [5.41, 5.74) is 6.69. The van der Waals surface area contributed by atoms with E-state index < -0.39 is 0 Å². The van der Waals surface area contributed by atoms with Crippen molar-refractivity contribution in [3.05, 3.63) is 95.9 Å². The molecule has 6 nitrogen and oxygen atoms in total. The number of nitriles is 1. The molecule has 0 aliphatic carbocycles. The molecule has 0 aliphatic rings. The van der Waals surface area contributed by atoms with Gasteiger partial charge in [0.25, 0.3) is 0 Å². The summed E-state index contributed by atoms with van der Waals surface area (Å²) in [5.74, 6) is 1.32. The molecule has 0 spiro atoms. The molecule has 5 rings (SSSR count). The number of para-hydroxylation sites is 3. The van der Waals surface area contributed by atoms with E-state index in [2.05, 4.69) is 16.0 Å². The zero-order valence-corrected chi connectivity index (χ0v) is 18.3. The molecule has 0 amide bonds. The fraction of sp³-hybridized carbons (Fsp3) is 0.0741. The van der Waals surface area contributed by atoms with Gasteiger partial charge in [-0.2, -0.15) is 10.4 Å². The molecule has 33 heavy (non-hydrogen) atoms. The lowest BCUT2D eigenvalue weighted by molar-refractivity contribution is 0.414. The normalized spacial score (nSPS) is 11.5. The number of methoxy groups -OCH3 is 1. The smallest absolute Gasteiger partial charge is 0.149 e. The second-order valence-corrected chi connectivity index (χ2v) is 7.67. The third-order valence-electron chi connectivity index (χ3n) is 5.52. The van der Waals surface area contributed by atoms with Crippen molar-refractivity contribution in [2.24, 2.45) is 0 Å². The van der Waals surface area contributed by atoms with Crippen LogP contribution in [-0.2, 0) is 0 Å². The summed E-state index contributed by atoms with van der Waals surface area (Å²) < 4.78 is 7.20. The van der Waals surface area contributed by atoms with E-state index in [0.717, 1.165) is 44.9 Å². The topological polar surface area (TPSA) is 79.5 Å². The zero-order chi connectivity index (χ0) is 22.8. The number of imidazole rings is 1. The first-order chi connectivity index (χ1) is 16.2. The minimum Gasteiger partial charge on any atom is -0.497 e. The Kier molecular flexibility index (Phi) is 5.21. The van der Waals surface area contributed by atoms with Crippen molar-refractivity contribution < 1.29 is 4.74 Å². The van der Waals surface area contributed by atoms with Crippen LogP contribution in [0.25, 0.3) is 39.6 Å². The van der Waals surface area contributed by atoms with E-state index in [1.807, 2.05) is 96.7 Å². The van der Waals surface area contributed by atoms with Gasteiger partial charge >= 0.3 is 0 Å². The molecule has 0 atom stereocenters. The number of aryl methyl sites for hydroxylation is 1. The SMILES string of the molecule is COc1ccc(-c2nn(-c3ccccc3)cc2C=C(C#N)c2nc3ccccc3[nH]2)c(C)c1. The lowest BCUT2D eigenvalue weighted by Crippen LogP contribution is -1.95. The van der Waals surface area contributed by atoms with Crippen molar-refractivity contribution in [1.29, 1.82) is 5.26 Å². The molecule has 0 saturated heterocycles. The number of hydrogen-bond donors (Lipinski definition) is 1. The Morgan fingerprint density at radius 2 is 1.85 bits per heavy atom. The monoisotopic (exact) mass is 431 g/mol. The maximum absolute atomic E-state index is 9.95. The van der Waals surface area contributed by atoms with Crippen molar-refractivity contribution in [3.8, 4) is 28.8 Å². The Morgan fingerprint density at radius 1 is 1.06 bits per heavy atom. The van der Waals surface area contributed by atoms with Crippen LogP contribution in [0.15, 0.2) is 79.0 Å². The zero-order valence-electron chi connectivity index (χ0n) is 18.3. The lowest BCUT2D eigenvalue weighted by Gasteiger charge is -2.07. The molecule has 0 bridgehead atoms. The fourth-order valence-electron chi connectivity index (χ4n) is 3.83. The molecule has 2 heterocycles. The molecular formula is C27H21N5O. The summed E-state index contributed by atoms with van der Waals surface area (Å²) in [6, 6.07) is 25.8. The van der Waals surface area contributed by atoms with Gasteiger partial charge < -0.3 is 9.72 Å². The number of aromatic amines is 1. The Hall–Kier alpha value is -4.63. The van der Waals surface area contributed by atoms with E-state index in [1.165, 1.54) is 0 Å². The third kappa shape index (κ3) is 3.88. The van der Waals surface area contributed by atoms with Crippen LogP contribution in [0.3, 0.4) is 0 Å². The maximum Gasteiger partial charge on any atom is 0.149 e. The van der Waals surface area contributed by atoms with E-state index in [9.17, 15) is 5.26 Å². The molecule has 0 saturated carbocycles. The highest BCUT2D eigenvalue weighted by molar-refractivity contribution is 5.92. The third-order valence-corrected chi connectivity index (χ3v) is 5.52. The van der Waals surface area contributed by atoms with Crippen LogP contribution in [0, 0.1) is 18.3 Å². The number of aromatic nitrogens is 4. The van der Waals surface area contributed by atoms with Crippen LogP contribution < -0.4 is 4.74 Å². The molecule has 2 aromatic heterocycles. The number of nitrogens with one attached hydrogen (secondary N) is 1. The molecule has 0 fully saturated rings. The maximum atomic E-state index is 9.95. The Balaban J connectivity index is 1.68. The molecular weight excluding hydrogens is 410 g/mol. The van der Waals surface area contributed by atoms with Gasteiger partial charge in [-0.05, 0) is 61.0 Å². The van der Waals surface area contributed by atoms with E-state index in [4.69, 9.17) is 9.84 Å². The minimum absolute atomic E-state index is 0.436. The summed E-state index contributed by atoms with van der Waals surface area (Å²) in [4.78, 5) is 7.84. The second-order valence-electron chi connectivity index (χ2n) is 7.67. The molecule has 160 valence electrons. The highest BCUT2D eigenvalue weighted by Crippen LogP contribution is 2.31. The van der Waals surface area contributed by atoms with Crippen LogP contribution in [-0.4, -0.2) is 26.9 Å². The molecule has 0 aliphatic heterocycles. The predicted molar refractivity (Wildman–Crippen MR) is 130 cm³/mol. The standard InChI is InChI=1S/C27H21N5O/c1-18-14-22(33-2)12-13-23(18)26-20(17-32(31-26)21-8-4-3-5-9-21)15-19(16-28)27-29-24-10-6-7-11-25(24)30-27/h3-15,17H,1-2H3,(H,29,30). The van der Waals surface area contributed by atoms with E-state index in [1.54, 1.807) is 7.11 Å². The van der Waals surface area contributed by atoms with Crippen molar-refractivity contribution in [3.63, 3.8) is 0 Å². The van der Waals surface area contributed by atoms with E-state index >= 15 is 0 Å². The van der Waals surface area contributed by atoms with Gasteiger partial charge in [-0.15, -0.1) is 0 Å². The average Bonchev–Trinajstić information content (AvgIpc) is 3.47. The Labute approximate surface area is 191 Å². The van der Waals surface area contributed by atoms with Gasteiger partial charge in [-0.25, -0.2) is 9.67 Å². The highest BCUT2D eigenvalue weighted by atomic mass is 16.5. The van der Waals surface area contributed by atoms with Gasteiger partial charge in [0.05, 0.1) is 29.4 Å². The van der Waals surface area contributed by atoms with E-state index in [-0.39, 0.29) is 0 Å². The van der Waals surface area contributed by atoms with Crippen LogP contribution in [0.1, 0.15) is 17.0 Å². The number of nitrogens with zero attached hydrogens (tertiary/aromatic N) is 4. The molecule has 3 aromatic carbocycles. The molecule has 0 unspecified atom stereocenters.